The lowest BCUT2D eigenvalue weighted by Gasteiger charge is -2.35. The van der Waals surface area contributed by atoms with Crippen LogP contribution in [0, 0.1) is 5.82 Å². The summed E-state index contributed by atoms with van der Waals surface area (Å²) in [5, 5.41) is 10.0. The predicted molar refractivity (Wildman–Crippen MR) is 158 cm³/mol. The summed E-state index contributed by atoms with van der Waals surface area (Å²) in [5.41, 5.74) is 3.00. The fraction of sp³-hybridized carbons (Fsp3) is 0.533. The van der Waals surface area contributed by atoms with Gasteiger partial charge < -0.3 is 29.1 Å². The summed E-state index contributed by atoms with van der Waals surface area (Å²) >= 11 is 3.16. The quantitative estimate of drug-likeness (QED) is 0.363. The molecule has 0 spiro atoms. The molecule has 0 unspecified atom stereocenters. The highest BCUT2D eigenvalue weighted by Crippen LogP contribution is 2.42. The number of rotatable bonds is 9. The smallest absolute Gasteiger partial charge is 0.197 e. The van der Waals surface area contributed by atoms with Crippen LogP contribution < -0.4 is 19.1 Å². The van der Waals surface area contributed by atoms with E-state index in [0.29, 0.717) is 67.4 Å². The third kappa shape index (κ3) is 5.93. The molecular formula is C30H39BrFN3O5. The first-order chi connectivity index (χ1) is 19.0. The number of nitrogens with zero attached hydrogens (tertiary/aromatic N) is 3. The second kappa shape index (κ2) is 12.3. The Bertz CT molecular complexity index is 1290. The summed E-state index contributed by atoms with van der Waals surface area (Å²) in [6, 6.07) is 5.55. The van der Waals surface area contributed by atoms with Crippen molar-refractivity contribution in [3.05, 3.63) is 46.3 Å². The Balaban J connectivity index is 1.70. The lowest BCUT2D eigenvalue weighted by atomic mass is 9.84. The third-order valence-electron chi connectivity index (χ3n) is 7.37. The maximum absolute atomic E-state index is 15.7. The largest absolute Gasteiger partial charge is 0.494 e. The summed E-state index contributed by atoms with van der Waals surface area (Å²) in [5.74, 6) is 0.786. The highest BCUT2D eigenvalue weighted by molar-refractivity contribution is 9.08. The first-order valence-electron chi connectivity index (χ1n) is 13.8. The second-order valence-corrected chi connectivity index (χ2v) is 11.5. The van der Waals surface area contributed by atoms with E-state index in [1.807, 2.05) is 19.1 Å². The van der Waals surface area contributed by atoms with Crippen LogP contribution in [0.15, 0.2) is 22.2 Å². The molecule has 0 saturated carbocycles. The summed E-state index contributed by atoms with van der Waals surface area (Å²) in [4.78, 5) is 17.8. The van der Waals surface area contributed by atoms with Gasteiger partial charge >= 0.3 is 0 Å². The number of ketones is 1. The molecule has 1 fully saturated rings. The van der Waals surface area contributed by atoms with Gasteiger partial charge in [-0.2, -0.15) is 4.02 Å². The molecule has 10 heteroatoms. The number of amidine groups is 1. The Morgan fingerprint density at radius 2 is 1.80 bits per heavy atom. The Morgan fingerprint density at radius 3 is 2.38 bits per heavy atom. The van der Waals surface area contributed by atoms with Crippen LogP contribution in [0.4, 0.5) is 10.1 Å². The molecule has 0 atom stereocenters. The van der Waals surface area contributed by atoms with Crippen LogP contribution in [0.5, 0.6) is 17.2 Å². The lowest BCUT2D eigenvalue weighted by molar-refractivity contribution is 0.0962. The number of Topliss-reactive ketones (excluding diaryl/α,β-unsaturated/α-hetero) is 1. The molecule has 0 aromatic heterocycles. The number of aliphatic hydroxyl groups is 1. The zero-order chi connectivity index (χ0) is 29.2. The van der Waals surface area contributed by atoms with Gasteiger partial charge in [-0.1, -0.05) is 20.8 Å². The monoisotopic (exact) mass is 619 g/mol. The minimum absolute atomic E-state index is 0.000551. The number of fused-ring (bicyclic) bond motifs is 1. The van der Waals surface area contributed by atoms with Crippen molar-refractivity contribution in [1.82, 2.24) is 4.90 Å². The highest BCUT2D eigenvalue weighted by atomic mass is 79.9. The first kappa shape index (κ1) is 30.1. The standard InChI is InChI=1S/C30H39BrFN3O5/c1-7-39-24-15-19-16-35(29(33-31)25(19)26(32)28(24)40-8-2)17-23(37)18-13-21(30(3,4)5)27(38-6)22(14-18)34-11-9-20(36)10-12-34/h13-15,20,36H,7-12,16-17H2,1-6H3/b33-29-. The van der Waals surface area contributed by atoms with Crippen LogP contribution in [0.3, 0.4) is 0 Å². The second-order valence-electron chi connectivity index (χ2n) is 11.1. The van der Waals surface area contributed by atoms with Crippen molar-refractivity contribution in [2.24, 2.45) is 4.02 Å². The van der Waals surface area contributed by atoms with Crippen LogP contribution in [0.1, 0.15) is 74.5 Å². The Kier molecular flexibility index (Phi) is 9.29. The molecule has 1 saturated heterocycles. The van der Waals surface area contributed by atoms with Gasteiger partial charge in [0.15, 0.2) is 23.1 Å². The van der Waals surface area contributed by atoms with E-state index in [4.69, 9.17) is 14.2 Å². The molecule has 2 aromatic rings. The van der Waals surface area contributed by atoms with E-state index in [2.05, 4.69) is 45.8 Å². The lowest BCUT2D eigenvalue weighted by Crippen LogP contribution is -2.36. The molecule has 2 aromatic carbocycles. The Labute approximate surface area is 244 Å². The van der Waals surface area contributed by atoms with E-state index >= 15 is 4.39 Å². The van der Waals surface area contributed by atoms with E-state index in [1.165, 1.54) is 0 Å². The van der Waals surface area contributed by atoms with Crippen LogP contribution in [-0.2, 0) is 12.0 Å². The van der Waals surface area contributed by atoms with Crippen LogP contribution in [-0.4, -0.2) is 67.7 Å². The number of hydrogen-bond acceptors (Lipinski definition) is 7. The van der Waals surface area contributed by atoms with Crippen LogP contribution in [0.2, 0.25) is 0 Å². The van der Waals surface area contributed by atoms with Gasteiger partial charge in [0.25, 0.3) is 0 Å². The number of halogens is 2. The Hall–Kier alpha value is -2.85. The number of hydrogen-bond donors (Lipinski definition) is 1. The van der Waals surface area contributed by atoms with Crippen molar-refractivity contribution in [1.29, 1.82) is 0 Å². The van der Waals surface area contributed by atoms with Gasteiger partial charge in [0, 0.05) is 30.8 Å². The Morgan fingerprint density at radius 1 is 1.12 bits per heavy atom. The number of methoxy groups -OCH3 is 1. The molecular weight excluding hydrogens is 581 g/mol. The number of ether oxygens (including phenoxy) is 3. The maximum atomic E-state index is 15.7. The molecule has 0 aliphatic carbocycles. The number of anilines is 1. The SMILES string of the molecule is CCOc1cc2c(c(F)c1OCC)/C(=N/Br)N(CC(=O)c1cc(N3CCC(O)CC3)c(OC)c(C(C)(C)C)c1)C2. The topological polar surface area (TPSA) is 83.8 Å². The molecule has 2 aliphatic heterocycles. The normalized spacial score (nSPS) is 16.9. The average Bonchev–Trinajstić information content (AvgIpc) is 3.27. The number of piperidine rings is 1. The fourth-order valence-corrected chi connectivity index (χ4v) is 5.79. The molecule has 1 N–H and O–H groups in total. The van der Waals surface area contributed by atoms with Gasteiger partial charge in [0.05, 0.1) is 60.4 Å². The zero-order valence-electron chi connectivity index (χ0n) is 24.1. The molecule has 2 aliphatic rings. The van der Waals surface area contributed by atoms with E-state index in [1.54, 1.807) is 25.0 Å². The number of benzene rings is 2. The van der Waals surface area contributed by atoms with Crippen molar-refractivity contribution in [3.8, 4) is 17.2 Å². The van der Waals surface area contributed by atoms with Crippen molar-refractivity contribution in [3.63, 3.8) is 0 Å². The zero-order valence-corrected chi connectivity index (χ0v) is 25.7. The van der Waals surface area contributed by atoms with Gasteiger partial charge in [0.1, 0.15) is 11.6 Å². The van der Waals surface area contributed by atoms with Crippen LogP contribution in [0.25, 0.3) is 0 Å². The summed E-state index contributed by atoms with van der Waals surface area (Å²) < 4.78 is 37.0. The van der Waals surface area contributed by atoms with Crippen molar-refractivity contribution < 1.29 is 28.5 Å². The van der Waals surface area contributed by atoms with E-state index in [-0.39, 0.29) is 36.2 Å². The van der Waals surface area contributed by atoms with Crippen molar-refractivity contribution in [2.45, 2.75) is 65.5 Å². The van der Waals surface area contributed by atoms with Crippen molar-refractivity contribution >= 4 is 33.5 Å². The molecule has 4 rings (SSSR count). The van der Waals surface area contributed by atoms with Gasteiger partial charge in [0.2, 0.25) is 0 Å². The number of carbonyl (C=O) groups is 1. The fourth-order valence-electron chi connectivity index (χ4n) is 5.38. The summed E-state index contributed by atoms with van der Waals surface area (Å²) in [6.45, 7) is 12.2. The predicted octanol–water partition coefficient (Wildman–Crippen LogP) is 5.65. The molecule has 0 bridgehead atoms. The van der Waals surface area contributed by atoms with E-state index in [9.17, 15) is 9.90 Å². The third-order valence-corrected chi connectivity index (χ3v) is 7.70. The van der Waals surface area contributed by atoms with Gasteiger partial charge in [-0.25, -0.2) is 4.39 Å². The molecule has 8 nitrogen and oxygen atoms in total. The molecule has 0 amide bonds. The summed E-state index contributed by atoms with van der Waals surface area (Å²) in [7, 11) is 1.65. The van der Waals surface area contributed by atoms with Gasteiger partial charge in [-0.3, -0.25) is 4.79 Å². The molecule has 0 radical (unpaired) electrons. The van der Waals surface area contributed by atoms with E-state index < -0.39 is 5.82 Å². The summed E-state index contributed by atoms with van der Waals surface area (Å²) in [6.07, 6.45) is 0.991. The van der Waals surface area contributed by atoms with E-state index in [0.717, 1.165) is 17.0 Å². The molecule has 2 heterocycles. The minimum Gasteiger partial charge on any atom is -0.494 e. The van der Waals surface area contributed by atoms with Crippen LogP contribution >= 0.6 is 16.1 Å². The van der Waals surface area contributed by atoms with Gasteiger partial charge in [-0.15, -0.1) is 0 Å². The average molecular weight is 621 g/mol. The number of aliphatic hydroxyl groups excluding tert-OH is 1. The maximum Gasteiger partial charge on any atom is 0.197 e. The minimum atomic E-state index is -0.551. The highest BCUT2D eigenvalue weighted by Gasteiger charge is 2.35. The van der Waals surface area contributed by atoms with Gasteiger partial charge in [-0.05, 0) is 55.9 Å². The van der Waals surface area contributed by atoms with Crippen molar-refractivity contribution in [2.75, 3.05) is 44.9 Å². The first-order valence-corrected chi connectivity index (χ1v) is 14.5. The number of carbonyl (C=O) groups excluding carboxylic acids is 1. The molecule has 218 valence electrons. The molecule has 40 heavy (non-hydrogen) atoms.